The number of nitriles is 1. The van der Waals surface area contributed by atoms with Crippen LogP contribution in [0.2, 0.25) is 5.02 Å². The van der Waals surface area contributed by atoms with Crippen LogP contribution < -0.4 is 10.1 Å². The zero-order chi connectivity index (χ0) is 23.8. The van der Waals surface area contributed by atoms with E-state index < -0.39 is 10.8 Å². The van der Waals surface area contributed by atoms with E-state index in [9.17, 15) is 10.1 Å². The first kappa shape index (κ1) is 25.4. The molecule has 1 aromatic heterocycles. The van der Waals surface area contributed by atoms with Gasteiger partial charge in [0.15, 0.2) is 11.0 Å². The molecule has 1 fully saturated rings. The molecular weight excluding hydrogens is 458 g/mol. The minimum Gasteiger partial charge on any atom is -0.484 e. The number of carbonyl (C=O) groups is 1. The Morgan fingerprint density at radius 2 is 1.97 bits per heavy atom. The first-order valence-electron chi connectivity index (χ1n) is 11.6. The normalized spacial score (nSPS) is 16.2. The molecule has 1 aromatic carbocycles. The van der Waals surface area contributed by atoms with E-state index in [2.05, 4.69) is 40.0 Å². The zero-order valence-corrected chi connectivity index (χ0v) is 21.1. The molecule has 1 aliphatic carbocycles. The third kappa shape index (κ3) is 6.21. The summed E-state index contributed by atoms with van der Waals surface area (Å²) < 4.78 is 7.99. The Balaban J connectivity index is 1.75. The molecular formula is C24H32ClN5O2S. The van der Waals surface area contributed by atoms with Crippen molar-refractivity contribution < 1.29 is 9.53 Å². The summed E-state index contributed by atoms with van der Waals surface area (Å²) in [5, 5.41) is 22.3. The van der Waals surface area contributed by atoms with Gasteiger partial charge in [0.05, 0.1) is 16.3 Å². The number of halogens is 1. The monoisotopic (exact) mass is 489 g/mol. The molecule has 2 aromatic rings. The SMILES string of the molecule is CCC(CC)n1c(COc2ccccc2Cl)nnc1SC(C)C(=O)NC1(C#N)CCCCC1. The van der Waals surface area contributed by atoms with E-state index in [0.717, 1.165) is 32.1 Å². The molecule has 1 N–H and O–H groups in total. The maximum atomic E-state index is 13.0. The first-order chi connectivity index (χ1) is 15.9. The molecule has 7 nitrogen and oxygen atoms in total. The number of nitrogens with one attached hydrogen (secondary N) is 1. The Labute approximate surface area is 205 Å². The van der Waals surface area contributed by atoms with Crippen LogP contribution in [0.25, 0.3) is 0 Å². The molecule has 1 aliphatic rings. The number of aromatic nitrogens is 3. The highest BCUT2D eigenvalue weighted by Gasteiger charge is 2.35. The highest BCUT2D eigenvalue weighted by atomic mass is 35.5. The second-order valence-corrected chi connectivity index (χ2v) is 10.2. The third-order valence-corrected chi connectivity index (χ3v) is 7.54. The van der Waals surface area contributed by atoms with E-state index in [4.69, 9.17) is 16.3 Å². The van der Waals surface area contributed by atoms with Crippen molar-refractivity contribution in [2.45, 2.75) is 94.3 Å². The van der Waals surface area contributed by atoms with Crippen LogP contribution in [-0.2, 0) is 11.4 Å². The summed E-state index contributed by atoms with van der Waals surface area (Å²) in [6.45, 7) is 6.32. The molecule has 1 atom stereocenters. The van der Waals surface area contributed by atoms with Gasteiger partial charge in [-0.05, 0) is 44.7 Å². The molecule has 178 valence electrons. The lowest BCUT2D eigenvalue weighted by molar-refractivity contribution is -0.121. The number of amides is 1. The van der Waals surface area contributed by atoms with Gasteiger partial charge in [-0.15, -0.1) is 10.2 Å². The van der Waals surface area contributed by atoms with Crippen LogP contribution in [0.3, 0.4) is 0 Å². The van der Waals surface area contributed by atoms with Gasteiger partial charge < -0.3 is 14.6 Å². The maximum absolute atomic E-state index is 13.0. The first-order valence-corrected chi connectivity index (χ1v) is 12.9. The second kappa shape index (κ2) is 11.8. The van der Waals surface area contributed by atoms with Crippen molar-refractivity contribution in [3.63, 3.8) is 0 Å². The van der Waals surface area contributed by atoms with Crippen LogP contribution in [0.1, 0.15) is 77.6 Å². The number of rotatable bonds is 10. The van der Waals surface area contributed by atoms with Gasteiger partial charge in [0.2, 0.25) is 5.91 Å². The molecule has 33 heavy (non-hydrogen) atoms. The Morgan fingerprint density at radius 1 is 1.27 bits per heavy atom. The number of benzene rings is 1. The van der Waals surface area contributed by atoms with E-state index in [1.807, 2.05) is 25.1 Å². The molecule has 9 heteroatoms. The molecule has 0 spiro atoms. The minimum absolute atomic E-state index is 0.142. The van der Waals surface area contributed by atoms with Crippen molar-refractivity contribution >= 4 is 29.3 Å². The number of para-hydroxylation sites is 1. The summed E-state index contributed by atoms with van der Waals surface area (Å²) in [5.41, 5.74) is -0.749. The molecule has 1 heterocycles. The number of nitrogens with zero attached hydrogens (tertiary/aromatic N) is 4. The molecule has 3 rings (SSSR count). The zero-order valence-electron chi connectivity index (χ0n) is 19.5. The van der Waals surface area contributed by atoms with E-state index in [-0.39, 0.29) is 18.6 Å². The van der Waals surface area contributed by atoms with Crippen molar-refractivity contribution in [1.29, 1.82) is 5.26 Å². The van der Waals surface area contributed by atoms with Crippen LogP contribution in [0, 0.1) is 11.3 Å². The highest BCUT2D eigenvalue weighted by Crippen LogP contribution is 2.32. The predicted octanol–water partition coefficient (Wildman–Crippen LogP) is 5.69. The molecule has 0 radical (unpaired) electrons. The summed E-state index contributed by atoms with van der Waals surface area (Å²) >= 11 is 7.59. The lowest BCUT2D eigenvalue weighted by Gasteiger charge is -2.32. The molecule has 1 saturated carbocycles. The van der Waals surface area contributed by atoms with E-state index in [1.54, 1.807) is 6.07 Å². The van der Waals surface area contributed by atoms with Gasteiger partial charge in [0.25, 0.3) is 0 Å². The quantitative estimate of drug-likeness (QED) is 0.430. The summed E-state index contributed by atoms with van der Waals surface area (Å²) in [4.78, 5) is 13.0. The molecule has 1 amide bonds. The van der Waals surface area contributed by atoms with Crippen LogP contribution in [0.5, 0.6) is 5.75 Å². The minimum atomic E-state index is -0.749. The van der Waals surface area contributed by atoms with E-state index in [1.165, 1.54) is 11.8 Å². The van der Waals surface area contributed by atoms with Gasteiger partial charge in [-0.25, -0.2) is 0 Å². The average molecular weight is 490 g/mol. The fourth-order valence-electron chi connectivity index (χ4n) is 4.18. The van der Waals surface area contributed by atoms with Crippen molar-refractivity contribution in [2.24, 2.45) is 0 Å². The number of ether oxygens (including phenoxy) is 1. The van der Waals surface area contributed by atoms with Crippen molar-refractivity contribution in [1.82, 2.24) is 20.1 Å². The van der Waals surface area contributed by atoms with Gasteiger partial charge in [-0.2, -0.15) is 5.26 Å². The molecule has 0 bridgehead atoms. The largest absolute Gasteiger partial charge is 0.484 e. The Bertz CT molecular complexity index is 979. The van der Waals surface area contributed by atoms with Crippen LogP contribution in [0.4, 0.5) is 0 Å². The van der Waals surface area contributed by atoms with Crippen molar-refractivity contribution in [3.8, 4) is 11.8 Å². The second-order valence-electron chi connectivity index (χ2n) is 8.46. The van der Waals surface area contributed by atoms with E-state index >= 15 is 0 Å². The summed E-state index contributed by atoms with van der Waals surface area (Å²) in [5.74, 6) is 1.14. The lowest BCUT2D eigenvalue weighted by atomic mass is 9.83. The topological polar surface area (TPSA) is 92.8 Å². The van der Waals surface area contributed by atoms with Crippen LogP contribution >= 0.6 is 23.4 Å². The molecule has 0 saturated heterocycles. The number of hydrogen-bond acceptors (Lipinski definition) is 6. The number of hydrogen-bond donors (Lipinski definition) is 1. The summed E-state index contributed by atoms with van der Waals surface area (Å²) in [6.07, 6.45) is 6.26. The predicted molar refractivity (Wildman–Crippen MR) is 130 cm³/mol. The Hall–Kier alpha value is -2.24. The Morgan fingerprint density at radius 3 is 2.61 bits per heavy atom. The standard InChI is InChI=1S/C24H32ClN5O2S/c1-4-18(5-2)30-21(15-32-20-12-8-7-11-19(20)25)28-29-23(30)33-17(3)22(31)27-24(16-26)13-9-6-10-14-24/h7-8,11-12,17-18H,4-6,9-10,13-15H2,1-3H3,(H,27,31). The smallest absolute Gasteiger partial charge is 0.234 e. The third-order valence-electron chi connectivity index (χ3n) is 6.17. The lowest BCUT2D eigenvalue weighted by Crippen LogP contribution is -2.51. The summed E-state index contributed by atoms with van der Waals surface area (Å²) in [6, 6.07) is 9.86. The van der Waals surface area contributed by atoms with Gasteiger partial charge >= 0.3 is 0 Å². The van der Waals surface area contributed by atoms with Crippen LogP contribution in [-0.4, -0.2) is 31.5 Å². The van der Waals surface area contributed by atoms with Gasteiger partial charge in [0.1, 0.15) is 17.9 Å². The molecule has 1 unspecified atom stereocenters. The fraction of sp³-hybridized carbons (Fsp3) is 0.583. The van der Waals surface area contributed by atoms with Crippen molar-refractivity contribution in [2.75, 3.05) is 0 Å². The Kier molecular flexibility index (Phi) is 9.04. The highest BCUT2D eigenvalue weighted by molar-refractivity contribution is 8.00. The molecule has 0 aliphatic heterocycles. The maximum Gasteiger partial charge on any atom is 0.234 e. The number of carbonyl (C=O) groups excluding carboxylic acids is 1. The van der Waals surface area contributed by atoms with Gasteiger partial charge in [-0.3, -0.25) is 4.79 Å². The average Bonchev–Trinajstić information content (AvgIpc) is 3.22. The van der Waals surface area contributed by atoms with Crippen molar-refractivity contribution in [3.05, 3.63) is 35.1 Å². The van der Waals surface area contributed by atoms with Gasteiger partial charge in [-0.1, -0.05) is 68.6 Å². The van der Waals surface area contributed by atoms with Gasteiger partial charge in [0, 0.05) is 6.04 Å². The van der Waals surface area contributed by atoms with Crippen LogP contribution in [0.15, 0.2) is 29.4 Å². The summed E-state index contributed by atoms with van der Waals surface area (Å²) in [7, 11) is 0. The fourth-order valence-corrected chi connectivity index (χ4v) is 5.31. The number of thioether (sulfide) groups is 1. The van der Waals surface area contributed by atoms with E-state index in [0.29, 0.717) is 34.6 Å².